The maximum atomic E-state index is 12.4. The van der Waals surface area contributed by atoms with Gasteiger partial charge in [0.1, 0.15) is 5.58 Å². The Morgan fingerprint density at radius 3 is 2.48 bits per heavy atom. The van der Waals surface area contributed by atoms with E-state index in [-0.39, 0.29) is 5.91 Å². The molecule has 5 heteroatoms. The lowest BCUT2D eigenvalue weighted by Crippen LogP contribution is -2.13. The molecule has 0 spiro atoms. The number of hydrogen-bond donors (Lipinski definition) is 1. The summed E-state index contributed by atoms with van der Waals surface area (Å²) in [6.45, 7) is 2.68. The van der Waals surface area contributed by atoms with Gasteiger partial charge in [-0.1, -0.05) is 12.1 Å². The first kappa shape index (κ1) is 16.9. The van der Waals surface area contributed by atoms with Gasteiger partial charge < -0.3 is 14.6 Å². The Labute approximate surface area is 145 Å². The summed E-state index contributed by atoms with van der Waals surface area (Å²) in [6.07, 6.45) is 0. The molecule has 25 heavy (non-hydrogen) atoms. The summed E-state index contributed by atoms with van der Waals surface area (Å²) < 4.78 is 5.21. The Kier molecular flexibility index (Phi) is 4.67. The van der Waals surface area contributed by atoms with E-state index in [0.717, 1.165) is 23.1 Å². The molecule has 1 heterocycles. The van der Waals surface area contributed by atoms with E-state index in [0.29, 0.717) is 16.8 Å². The van der Waals surface area contributed by atoms with Crippen molar-refractivity contribution in [3.63, 3.8) is 0 Å². The second-order valence-electron chi connectivity index (χ2n) is 6.35. The van der Waals surface area contributed by atoms with Crippen molar-refractivity contribution in [2.75, 3.05) is 19.4 Å². The molecular weight excluding hydrogens is 316 g/mol. The van der Waals surface area contributed by atoms with E-state index < -0.39 is 5.63 Å². The van der Waals surface area contributed by atoms with E-state index in [4.69, 9.17) is 4.42 Å². The van der Waals surface area contributed by atoms with E-state index in [2.05, 4.69) is 10.2 Å². The molecule has 128 valence electrons. The van der Waals surface area contributed by atoms with Crippen LogP contribution in [0.1, 0.15) is 21.5 Å². The van der Waals surface area contributed by atoms with Crippen LogP contribution in [0.4, 0.5) is 5.69 Å². The smallest absolute Gasteiger partial charge is 0.336 e. The molecule has 0 saturated carbocycles. The van der Waals surface area contributed by atoms with Gasteiger partial charge in [-0.15, -0.1) is 0 Å². The number of amides is 1. The fourth-order valence-corrected chi connectivity index (χ4v) is 2.73. The molecule has 1 N–H and O–H groups in total. The molecular formula is C20H20N2O3. The van der Waals surface area contributed by atoms with Crippen molar-refractivity contribution in [1.82, 2.24) is 4.90 Å². The quantitative estimate of drug-likeness (QED) is 0.742. The highest BCUT2D eigenvalue weighted by Crippen LogP contribution is 2.21. The minimum absolute atomic E-state index is 0.203. The Hall–Kier alpha value is -2.92. The number of carbonyl (C=O) groups excluding carboxylic acids is 1. The number of fused-ring (bicyclic) bond motifs is 1. The molecule has 0 bridgehead atoms. The number of aryl methyl sites for hydroxylation is 1. The zero-order chi connectivity index (χ0) is 18.0. The van der Waals surface area contributed by atoms with Crippen LogP contribution >= 0.6 is 0 Å². The van der Waals surface area contributed by atoms with Gasteiger partial charge in [-0.25, -0.2) is 4.79 Å². The summed E-state index contributed by atoms with van der Waals surface area (Å²) in [5.74, 6) is -0.203. The van der Waals surface area contributed by atoms with Gasteiger partial charge in [-0.05, 0) is 56.4 Å². The average Bonchev–Trinajstić information content (AvgIpc) is 2.54. The van der Waals surface area contributed by atoms with Crippen LogP contribution in [-0.2, 0) is 6.54 Å². The molecule has 3 rings (SSSR count). The van der Waals surface area contributed by atoms with Crippen molar-refractivity contribution < 1.29 is 9.21 Å². The van der Waals surface area contributed by atoms with Crippen molar-refractivity contribution in [2.24, 2.45) is 0 Å². The third-order valence-corrected chi connectivity index (χ3v) is 3.92. The summed E-state index contributed by atoms with van der Waals surface area (Å²) in [5.41, 5.74) is 3.22. The largest absolute Gasteiger partial charge is 0.423 e. The highest BCUT2D eigenvalue weighted by Gasteiger charge is 2.08. The first-order valence-electron chi connectivity index (χ1n) is 8.02. The van der Waals surface area contributed by atoms with Crippen LogP contribution in [0.5, 0.6) is 0 Å². The Bertz CT molecular complexity index is 972. The molecule has 1 aromatic heterocycles. The molecule has 0 aliphatic rings. The number of rotatable bonds is 4. The molecule has 0 radical (unpaired) electrons. The highest BCUT2D eigenvalue weighted by molar-refractivity contribution is 6.05. The number of hydrogen-bond acceptors (Lipinski definition) is 4. The Morgan fingerprint density at radius 1 is 1.08 bits per heavy atom. The van der Waals surface area contributed by atoms with E-state index in [1.807, 2.05) is 39.2 Å². The van der Waals surface area contributed by atoms with Gasteiger partial charge in [-0.2, -0.15) is 0 Å². The maximum absolute atomic E-state index is 12.4. The van der Waals surface area contributed by atoms with E-state index >= 15 is 0 Å². The number of carbonyl (C=O) groups is 1. The molecule has 3 aromatic rings. The SMILES string of the molecule is Cc1cc(=O)oc2cc(NC(=O)c3ccc(CN(C)C)cc3)ccc12. The summed E-state index contributed by atoms with van der Waals surface area (Å²) in [6, 6.07) is 14.3. The number of benzene rings is 2. The lowest BCUT2D eigenvalue weighted by atomic mass is 10.1. The third-order valence-electron chi connectivity index (χ3n) is 3.92. The molecule has 0 aliphatic heterocycles. The first-order chi connectivity index (χ1) is 11.9. The number of nitrogens with zero attached hydrogens (tertiary/aromatic N) is 1. The second-order valence-corrected chi connectivity index (χ2v) is 6.35. The van der Waals surface area contributed by atoms with Crippen LogP contribution in [-0.4, -0.2) is 24.9 Å². The predicted octanol–water partition coefficient (Wildman–Crippen LogP) is 3.42. The van der Waals surface area contributed by atoms with Gasteiger partial charge in [-0.3, -0.25) is 4.79 Å². The van der Waals surface area contributed by atoms with Gasteiger partial charge in [0.2, 0.25) is 0 Å². The van der Waals surface area contributed by atoms with E-state index in [9.17, 15) is 9.59 Å². The maximum Gasteiger partial charge on any atom is 0.336 e. The molecule has 0 saturated heterocycles. The van der Waals surface area contributed by atoms with Gasteiger partial charge in [0.15, 0.2) is 0 Å². The normalized spacial score (nSPS) is 11.0. The first-order valence-corrected chi connectivity index (χ1v) is 8.02. The van der Waals surface area contributed by atoms with Gasteiger partial charge >= 0.3 is 5.63 Å². The number of anilines is 1. The zero-order valence-electron chi connectivity index (χ0n) is 14.5. The van der Waals surface area contributed by atoms with Crippen molar-refractivity contribution in [2.45, 2.75) is 13.5 Å². The predicted molar refractivity (Wildman–Crippen MR) is 99.0 cm³/mol. The monoisotopic (exact) mass is 336 g/mol. The van der Waals surface area contributed by atoms with Crippen LogP contribution < -0.4 is 10.9 Å². The molecule has 0 unspecified atom stereocenters. The fourth-order valence-electron chi connectivity index (χ4n) is 2.73. The van der Waals surface area contributed by atoms with Crippen LogP contribution in [0, 0.1) is 6.92 Å². The highest BCUT2D eigenvalue weighted by atomic mass is 16.4. The standard InChI is InChI=1S/C20H20N2O3/c1-13-10-19(23)25-18-11-16(8-9-17(13)18)21-20(24)15-6-4-14(5-7-15)12-22(2)3/h4-11H,12H2,1-3H3,(H,21,24). The van der Waals surface area contributed by atoms with Crippen LogP contribution in [0.2, 0.25) is 0 Å². The van der Waals surface area contributed by atoms with Crippen molar-refractivity contribution in [3.05, 3.63) is 75.6 Å². The van der Waals surface area contributed by atoms with Crippen LogP contribution in [0.3, 0.4) is 0 Å². The molecule has 2 aromatic carbocycles. The summed E-state index contributed by atoms with van der Waals surface area (Å²) in [4.78, 5) is 26.0. The molecule has 0 atom stereocenters. The minimum atomic E-state index is -0.398. The lowest BCUT2D eigenvalue weighted by Gasteiger charge is -2.10. The van der Waals surface area contributed by atoms with Crippen molar-refractivity contribution in [3.8, 4) is 0 Å². The Morgan fingerprint density at radius 2 is 1.80 bits per heavy atom. The summed E-state index contributed by atoms with van der Waals surface area (Å²) in [7, 11) is 4.00. The van der Waals surface area contributed by atoms with Gasteiger partial charge in [0, 0.05) is 35.3 Å². The van der Waals surface area contributed by atoms with Crippen molar-refractivity contribution in [1.29, 1.82) is 0 Å². The van der Waals surface area contributed by atoms with E-state index in [1.54, 1.807) is 24.3 Å². The molecule has 1 amide bonds. The Balaban J connectivity index is 1.80. The summed E-state index contributed by atoms with van der Waals surface area (Å²) >= 11 is 0. The van der Waals surface area contributed by atoms with E-state index in [1.165, 1.54) is 6.07 Å². The number of nitrogens with one attached hydrogen (secondary N) is 1. The molecule has 5 nitrogen and oxygen atoms in total. The minimum Gasteiger partial charge on any atom is -0.423 e. The summed E-state index contributed by atoms with van der Waals surface area (Å²) in [5, 5.41) is 3.69. The van der Waals surface area contributed by atoms with Gasteiger partial charge in [0.05, 0.1) is 0 Å². The topological polar surface area (TPSA) is 62.6 Å². The van der Waals surface area contributed by atoms with Gasteiger partial charge in [0.25, 0.3) is 5.91 Å². The zero-order valence-corrected chi connectivity index (χ0v) is 14.5. The van der Waals surface area contributed by atoms with Crippen LogP contribution in [0.15, 0.2) is 57.7 Å². The van der Waals surface area contributed by atoms with Crippen LogP contribution in [0.25, 0.3) is 11.0 Å². The molecule has 0 aliphatic carbocycles. The lowest BCUT2D eigenvalue weighted by molar-refractivity contribution is 0.102. The fraction of sp³-hybridized carbons (Fsp3) is 0.200. The third kappa shape index (κ3) is 3.95. The second kappa shape index (κ2) is 6.91. The molecule has 0 fully saturated rings. The average molecular weight is 336 g/mol. The van der Waals surface area contributed by atoms with Crippen molar-refractivity contribution >= 4 is 22.6 Å².